The quantitative estimate of drug-likeness (QED) is 0.440. The second-order valence-corrected chi connectivity index (χ2v) is 4.80. The summed E-state index contributed by atoms with van der Waals surface area (Å²) in [6.07, 6.45) is 6.05. The minimum Gasteiger partial charge on any atom is -0.490 e. The van der Waals surface area contributed by atoms with Gasteiger partial charge in [0.1, 0.15) is 12.4 Å². The Morgan fingerprint density at radius 3 is 2.87 bits per heavy atom. The third-order valence-electron chi connectivity index (χ3n) is 3.01. The molecule has 0 spiro atoms. The van der Waals surface area contributed by atoms with Crippen LogP contribution in [-0.2, 0) is 6.42 Å². The highest BCUT2D eigenvalue weighted by atomic mass is 16.5. The first-order valence-corrected chi connectivity index (χ1v) is 7.83. The van der Waals surface area contributed by atoms with Gasteiger partial charge in [0.2, 0.25) is 0 Å². The van der Waals surface area contributed by atoms with Crippen molar-refractivity contribution in [2.75, 3.05) is 26.2 Å². The van der Waals surface area contributed by atoms with Gasteiger partial charge in [0.15, 0.2) is 5.96 Å². The largest absolute Gasteiger partial charge is 0.490 e. The Hall–Kier alpha value is -2.63. The van der Waals surface area contributed by atoms with Crippen LogP contribution in [0, 0.1) is 0 Å². The Morgan fingerprint density at radius 1 is 1.17 bits per heavy atom. The van der Waals surface area contributed by atoms with E-state index in [1.807, 2.05) is 37.3 Å². The van der Waals surface area contributed by atoms with E-state index in [4.69, 9.17) is 4.74 Å². The van der Waals surface area contributed by atoms with Crippen molar-refractivity contribution in [1.29, 1.82) is 0 Å². The summed E-state index contributed by atoms with van der Waals surface area (Å²) < 4.78 is 5.59. The molecule has 0 atom stereocenters. The zero-order valence-corrected chi connectivity index (χ0v) is 13.4. The van der Waals surface area contributed by atoms with Gasteiger partial charge in [-0.2, -0.15) is 0 Å². The first-order valence-electron chi connectivity index (χ1n) is 7.83. The summed E-state index contributed by atoms with van der Waals surface area (Å²) in [4.78, 5) is 12.8. The molecule has 0 bridgehead atoms. The number of hydrogen-bond acceptors (Lipinski definition) is 4. The lowest BCUT2D eigenvalue weighted by atomic mass is 10.3. The van der Waals surface area contributed by atoms with Crippen molar-refractivity contribution in [2.24, 2.45) is 4.99 Å². The van der Waals surface area contributed by atoms with Gasteiger partial charge in [0.25, 0.3) is 0 Å². The van der Waals surface area contributed by atoms with Crippen LogP contribution in [0.25, 0.3) is 0 Å². The molecular formula is C17H23N5O. The Bertz CT molecular complexity index is 574. The van der Waals surface area contributed by atoms with Gasteiger partial charge in [-0.25, -0.2) is 0 Å². The summed E-state index contributed by atoms with van der Waals surface area (Å²) in [7, 11) is 0. The minimum atomic E-state index is 0.552. The molecular weight excluding hydrogens is 290 g/mol. The molecule has 122 valence electrons. The van der Waals surface area contributed by atoms with E-state index in [0.717, 1.165) is 30.4 Å². The molecule has 2 aromatic rings. The van der Waals surface area contributed by atoms with Gasteiger partial charge in [0, 0.05) is 37.6 Å². The highest BCUT2D eigenvalue weighted by Crippen LogP contribution is 2.04. The molecule has 0 radical (unpaired) electrons. The number of pyridine rings is 2. The summed E-state index contributed by atoms with van der Waals surface area (Å²) in [6.45, 7) is 4.78. The Labute approximate surface area is 137 Å². The van der Waals surface area contributed by atoms with Crippen LogP contribution in [-0.4, -0.2) is 42.2 Å². The summed E-state index contributed by atoms with van der Waals surface area (Å²) in [5.74, 6) is 1.56. The minimum absolute atomic E-state index is 0.552. The molecule has 6 heteroatoms. The van der Waals surface area contributed by atoms with E-state index in [1.54, 1.807) is 18.6 Å². The van der Waals surface area contributed by atoms with E-state index in [-0.39, 0.29) is 0 Å². The molecule has 2 aromatic heterocycles. The number of rotatable bonds is 8. The van der Waals surface area contributed by atoms with Gasteiger partial charge in [-0.05, 0) is 31.2 Å². The average molecular weight is 313 g/mol. The topological polar surface area (TPSA) is 71.4 Å². The molecule has 0 aliphatic heterocycles. The first-order chi connectivity index (χ1) is 11.4. The number of guanidine groups is 1. The van der Waals surface area contributed by atoms with Crippen molar-refractivity contribution in [3.63, 3.8) is 0 Å². The molecule has 2 N–H and O–H groups in total. The zero-order chi connectivity index (χ0) is 16.2. The van der Waals surface area contributed by atoms with Crippen LogP contribution in [0.1, 0.15) is 12.6 Å². The number of ether oxygens (including phenoxy) is 1. The van der Waals surface area contributed by atoms with E-state index in [0.29, 0.717) is 19.7 Å². The monoisotopic (exact) mass is 313 g/mol. The average Bonchev–Trinajstić information content (AvgIpc) is 2.60. The van der Waals surface area contributed by atoms with Gasteiger partial charge in [-0.15, -0.1) is 0 Å². The molecule has 0 aliphatic carbocycles. The third-order valence-corrected chi connectivity index (χ3v) is 3.01. The van der Waals surface area contributed by atoms with Gasteiger partial charge >= 0.3 is 0 Å². The van der Waals surface area contributed by atoms with E-state index >= 15 is 0 Å². The lowest BCUT2D eigenvalue weighted by molar-refractivity contribution is 0.320. The molecule has 0 amide bonds. The van der Waals surface area contributed by atoms with Crippen molar-refractivity contribution < 1.29 is 4.74 Å². The van der Waals surface area contributed by atoms with E-state index in [1.165, 1.54) is 0 Å². The number of nitrogens with zero attached hydrogens (tertiary/aromatic N) is 3. The smallest absolute Gasteiger partial charge is 0.191 e. The van der Waals surface area contributed by atoms with Crippen molar-refractivity contribution in [3.8, 4) is 5.75 Å². The lowest BCUT2D eigenvalue weighted by Gasteiger charge is -2.12. The lowest BCUT2D eigenvalue weighted by Crippen LogP contribution is -2.39. The van der Waals surface area contributed by atoms with Crippen LogP contribution >= 0.6 is 0 Å². The van der Waals surface area contributed by atoms with Gasteiger partial charge in [-0.1, -0.05) is 6.07 Å². The standard InChI is InChI=1S/C17H23N5O/c1-2-19-17(21-11-8-15-6-3-4-10-20-15)22-12-13-23-16-7-5-9-18-14-16/h3-7,9-10,14H,2,8,11-13H2,1H3,(H2,19,21,22). The number of aromatic nitrogens is 2. The van der Waals surface area contributed by atoms with Crippen LogP contribution in [0.5, 0.6) is 5.75 Å². The molecule has 0 saturated carbocycles. The van der Waals surface area contributed by atoms with Gasteiger partial charge < -0.3 is 15.4 Å². The molecule has 0 saturated heterocycles. The van der Waals surface area contributed by atoms with Crippen LogP contribution in [0.4, 0.5) is 0 Å². The van der Waals surface area contributed by atoms with Gasteiger partial charge in [-0.3, -0.25) is 15.0 Å². The molecule has 2 rings (SSSR count). The summed E-state index contributed by atoms with van der Waals surface area (Å²) >= 11 is 0. The molecule has 23 heavy (non-hydrogen) atoms. The fraction of sp³-hybridized carbons (Fsp3) is 0.353. The maximum atomic E-state index is 5.59. The summed E-state index contributed by atoms with van der Waals surface area (Å²) in [5, 5.41) is 6.47. The molecule has 6 nitrogen and oxygen atoms in total. The van der Waals surface area contributed by atoms with Crippen LogP contribution in [0.2, 0.25) is 0 Å². The zero-order valence-electron chi connectivity index (χ0n) is 13.4. The summed E-state index contributed by atoms with van der Waals surface area (Å²) in [5.41, 5.74) is 1.05. The predicted octanol–water partition coefficient (Wildman–Crippen LogP) is 1.65. The molecule has 2 heterocycles. The van der Waals surface area contributed by atoms with Crippen LogP contribution in [0.3, 0.4) is 0 Å². The fourth-order valence-corrected chi connectivity index (χ4v) is 1.94. The van der Waals surface area contributed by atoms with Crippen molar-refractivity contribution in [2.45, 2.75) is 13.3 Å². The second-order valence-electron chi connectivity index (χ2n) is 4.80. The highest BCUT2D eigenvalue weighted by molar-refractivity contribution is 5.79. The Balaban J connectivity index is 1.71. The number of nitrogens with one attached hydrogen (secondary N) is 2. The maximum Gasteiger partial charge on any atom is 0.191 e. The SMILES string of the molecule is CCNC(=NCCc1ccccn1)NCCOc1cccnc1. The van der Waals surface area contributed by atoms with Gasteiger partial charge in [0.05, 0.1) is 12.7 Å². The third kappa shape index (κ3) is 6.78. The predicted molar refractivity (Wildman–Crippen MR) is 91.7 cm³/mol. The van der Waals surface area contributed by atoms with Crippen molar-refractivity contribution >= 4 is 5.96 Å². The molecule has 0 aromatic carbocycles. The van der Waals surface area contributed by atoms with E-state index < -0.39 is 0 Å². The van der Waals surface area contributed by atoms with Crippen molar-refractivity contribution in [3.05, 3.63) is 54.6 Å². The first kappa shape index (κ1) is 16.7. The molecule has 0 unspecified atom stereocenters. The number of hydrogen-bond donors (Lipinski definition) is 2. The van der Waals surface area contributed by atoms with E-state index in [9.17, 15) is 0 Å². The maximum absolute atomic E-state index is 5.59. The normalized spacial score (nSPS) is 11.1. The summed E-state index contributed by atoms with van der Waals surface area (Å²) in [6, 6.07) is 9.66. The Morgan fingerprint density at radius 2 is 2.13 bits per heavy atom. The van der Waals surface area contributed by atoms with Crippen LogP contribution < -0.4 is 15.4 Å². The second kappa shape index (κ2) is 10.2. The molecule has 0 fully saturated rings. The van der Waals surface area contributed by atoms with Crippen LogP contribution in [0.15, 0.2) is 53.9 Å². The fourth-order valence-electron chi connectivity index (χ4n) is 1.94. The molecule has 0 aliphatic rings. The number of aliphatic imine (C=N–C) groups is 1. The van der Waals surface area contributed by atoms with E-state index in [2.05, 4.69) is 25.6 Å². The highest BCUT2D eigenvalue weighted by Gasteiger charge is 1.98. The van der Waals surface area contributed by atoms with Crippen molar-refractivity contribution in [1.82, 2.24) is 20.6 Å². The Kier molecular flexibility index (Phi) is 7.39.